The first-order valence-electron chi connectivity index (χ1n) is 7.17. The fourth-order valence-electron chi connectivity index (χ4n) is 2.61. The van der Waals surface area contributed by atoms with E-state index >= 15 is 0 Å². The number of aliphatic carboxylic acids is 1. The van der Waals surface area contributed by atoms with Gasteiger partial charge < -0.3 is 14.6 Å². The molecule has 1 fully saturated rings. The lowest BCUT2D eigenvalue weighted by atomic mass is 9.97. The normalized spacial score (nSPS) is 17.5. The fourth-order valence-corrected chi connectivity index (χ4v) is 3.34. The summed E-state index contributed by atoms with van der Waals surface area (Å²) in [5.41, 5.74) is 1.21. The molecule has 1 aliphatic heterocycles. The van der Waals surface area contributed by atoms with Gasteiger partial charge in [0, 0.05) is 18.4 Å². The third-order valence-electron chi connectivity index (χ3n) is 3.87. The molecule has 0 amide bonds. The van der Waals surface area contributed by atoms with Crippen LogP contribution in [0.15, 0.2) is 11.4 Å². The number of piperidine rings is 1. The summed E-state index contributed by atoms with van der Waals surface area (Å²) in [6.07, 6.45) is 5.24. The molecule has 0 spiro atoms. The molecule has 0 saturated carbocycles. The van der Waals surface area contributed by atoms with Crippen molar-refractivity contribution in [1.29, 1.82) is 0 Å². The number of carbonyl (C=O) groups is 1. The van der Waals surface area contributed by atoms with Crippen molar-refractivity contribution >= 4 is 17.7 Å². The van der Waals surface area contributed by atoms with E-state index in [0.29, 0.717) is 5.92 Å². The standard InChI is InChI=1S/C14H23N3O2S/c1-3-12-8-15-14(20-10-13(18)19)17(12)9-11-4-6-16(2)7-5-11/h8,11H,3-7,9-10H2,1-2H3,(H,18,19). The van der Waals surface area contributed by atoms with Gasteiger partial charge >= 0.3 is 5.97 Å². The van der Waals surface area contributed by atoms with Crippen molar-refractivity contribution in [3.63, 3.8) is 0 Å². The topological polar surface area (TPSA) is 58.4 Å². The van der Waals surface area contributed by atoms with Crippen LogP contribution in [-0.2, 0) is 17.8 Å². The quantitative estimate of drug-likeness (QED) is 0.814. The Hall–Kier alpha value is -1.01. The first-order valence-corrected chi connectivity index (χ1v) is 8.16. The number of carboxylic acids is 1. The number of likely N-dealkylation sites (tertiary alicyclic amines) is 1. The van der Waals surface area contributed by atoms with Crippen molar-refractivity contribution in [2.45, 2.75) is 37.9 Å². The van der Waals surface area contributed by atoms with Gasteiger partial charge in [0.05, 0.1) is 5.75 Å². The number of thioether (sulfide) groups is 1. The Labute approximate surface area is 124 Å². The second kappa shape index (κ2) is 7.13. The predicted molar refractivity (Wildman–Crippen MR) is 80.2 cm³/mol. The molecular weight excluding hydrogens is 274 g/mol. The van der Waals surface area contributed by atoms with Crippen LogP contribution >= 0.6 is 11.8 Å². The summed E-state index contributed by atoms with van der Waals surface area (Å²) >= 11 is 1.32. The maximum atomic E-state index is 10.7. The zero-order chi connectivity index (χ0) is 14.5. The van der Waals surface area contributed by atoms with Gasteiger partial charge in [0.15, 0.2) is 5.16 Å². The number of carboxylic acid groups (broad SMARTS) is 1. The third kappa shape index (κ3) is 3.99. The average molecular weight is 297 g/mol. The molecule has 2 rings (SSSR count). The average Bonchev–Trinajstić information content (AvgIpc) is 2.81. The van der Waals surface area contributed by atoms with Crippen LogP contribution in [0.5, 0.6) is 0 Å². The first kappa shape index (κ1) is 15.4. The largest absolute Gasteiger partial charge is 0.481 e. The van der Waals surface area contributed by atoms with Gasteiger partial charge in [0.25, 0.3) is 0 Å². The van der Waals surface area contributed by atoms with Gasteiger partial charge in [-0.2, -0.15) is 0 Å². The lowest BCUT2D eigenvalue weighted by Gasteiger charge is -2.29. The Kier molecular flexibility index (Phi) is 5.48. The van der Waals surface area contributed by atoms with Crippen molar-refractivity contribution in [2.75, 3.05) is 25.9 Å². The Bertz CT molecular complexity index is 453. The highest BCUT2D eigenvalue weighted by molar-refractivity contribution is 7.99. The molecule has 0 aliphatic carbocycles. The number of rotatable bonds is 6. The first-order chi connectivity index (χ1) is 9.60. The molecule has 1 saturated heterocycles. The minimum absolute atomic E-state index is 0.0770. The van der Waals surface area contributed by atoms with E-state index < -0.39 is 5.97 Å². The predicted octanol–water partition coefficient (Wildman–Crippen LogP) is 1.96. The van der Waals surface area contributed by atoms with E-state index in [1.54, 1.807) is 0 Å². The highest BCUT2D eigenvalue weighted by atomic mass is 32.2. The molecule has 0 aromatic carbocycles. The van der Waals surface area contributed by atoms with Crippen LogP contribution in [0.3, 0.4) is 0 Å². The third-order valence-corrected chi connectivity index (χ3v) is 4.84. The fraction of sp³-hybridized carbons (Fsp3) is 0.714. The zero-order valence-electron chi connectivity index (χ0n) is 12.2. The summed E-state index contributed by atoms with van der Waals surface area (Å²) in [6, 6.07) is 0. The minimum Gasteiger partial charge on any atom is -0.481 e. The molecule has 6 heteroatoms. The van der Waals surface area contributed by atoms with Gasteiger partial charge in [0.1, 0.15) is 0 Å². The summed E-state index contributed by atoms with van der Waals surface area (Å²) in [4.78, 5) is 17.5. The van der Waals surface area contributed by atoms with Crippen LogP contribution in [-0.4, -0.2) is 51.4 Å². The summed E-state index contributed by atoms with van der Waals surface area (Å²) in [6.45, 7) is 5.39. The van der Waals surface area contributed by atoms with E-state index in [0.717, 1.165) is 31.2 Å². The van der Waals surface area contributed by atoms with Crippen molar-refractivity contribution in [3.05, 3.63) is 11.9 Å². The van der Waals surface area contributed by atoms with E-state index in [-0.39, 0.29) is 5.75 Å². The highest BCUT2D eigenvalue weighted by Crippen LogP contribution is 2.24. The monoisotopic (exact) mass is 297 g/mol. The molecule has 112 valence electrons. The van der Waals surface area contributed by atoms with Crippen molar-refractivity contribution < 1.29 is 9.90 Å². The number of hydrogen-bond donors (Lipinski definition) is 1. The molecule has 0 bridgehead atoms. The lowest BCUT2D eigenvalue weighted by Crippen LogP contribution is -2.32. The molecule has 1 aliphatic rings. The van der Waals surface area contributed by atoms with Gasteiger partial charge in [-0.15, -0.1) is 0 Å². The molecule has 0 unspecified atom stereocenters. The molecule has 2 heterocycles. The molecule has 1 N–H and O–H groups in total. The molecule has 5 nitrogen and oxygen atoms in total. The molecule has 1 aromatic rings. The molecule has 1 aromatic heterocycles. The Balaban J connectivity index is 2.04. The van der Waals surface area contributed by atoms with Crippen LogP contribution in [0.4, 0.5) is 0 Å². The van der Waals surface area contributed by atoms with Crippen LogP contribution in [0.25, 0.3) is 0 Å². The van der Waals surface area contributed by atoms with Crippen LogP contribution in [0, 0.1) is 5.92 Å². The number of imidazole rings is 1. The summed E-state index contributed by atoms with van der Waals surface area (Å²) in [7, 11) is 2.17. The number of aryl methyl sites for hydroxylation is 1. The zero-order valence-corrected chi connectivity index (χ0v) is 13.0. The van der Waals surface area contributed by atoms with Crippen LogP contribution in [0.1, 0.15) is 25.5 Å². The summed E-state index contributed by atoms with van der Waals surface area (Å²) in [5, 5.41) is 9.67. The van der Waals surface area contributed by atoms with Crippen LogP contribution in [0.2, 0.25) is 0 Å². The van der Waals surface area contributed by atoms with E-state index in [4.69, 9.17) is 5.11 Å². The van der Waals surface area contributed by atoms with Crippen molar-refractivity contribution in [1.82, 2.24) is 14.5 Å². The van der Waals surface area contributed by atoms with Gasteiger partial charge in [-0.1, -0.05) is 18.7 Å². The molecule has 0 radical (unpaired) electrons. The van der Waals surface area contributed by atoms with Gasteiger partial charge in [-0.05, 0) is 45.3 Å². The Morgan fingerprint density at radius 3 is 2.80 bits per heavy atom. The summed E-state index contributed by atoms with van der Waals surface area (Å²) in [5.74, 6) is -0.0371. The Morgan fingerprint density at radius 1 is 1.50 bits per heavy atom. The smallest absolute Gasteiger partial charge is 0.313 e. The Morgan fingerprint density at radius 2 is 2.20 bits per heavy atom. The van der Waals surface area contributed by atoms with Gasteiger partial charge in [0.2, 0.25) is 0 Å². The maximum Gasteiger partial charge on any atom is 0.313 e. The van der Waals surface area contributed by atoms with Crippen LogP contribution < -0.4 is 0 Å². The SMILES string of the molecule is CCc1cnc(SCC(=O)O)n1CC1CCN(C)CC1. The van der Waals surface area contributed by atoms with E-state index in [1.165, 1.54) is 30.3 Å². The van der Waals surface area contributed by atoms with E-state index in [9.17, 15) is 4.79 Å². The number of aromatic nitrogens is 2. The minimum atomic E-state index is -0.790. The number of hydrogen-bond acceptors (Lipinski definition) is 4. The van der Waals surface area contributed by atoms with Crippen molar-refractivity contribution in [2.24, 2.45) is 5.92 Å². The van der Waals surface area contributed by atoms with Gasteiger partial charge in [-0.25, -0.2) is 4.98 Å². The maximum absolute atomic E-state index is 10.7. The molecular formula is C14H23N3O2S. The molecule has 20 heavy (non-hydrogen) atoms. The molecule has 0 atom stereocenters. The van der Waals surface area contributed by atoms with E-state index in [2.05, 4.69) is 28.4 Å². The number of nitrogens with zero attached hydrogens (tertiary/aromatic N) is 3. The second-order valence-electron chi connectivity index (χ2n) is 5.43. The highest BCUT2D eigenvalue weighted by Gasteiger charge is 2.20. The van der Waals surface area contributed by atoms with E-state index in [1.807, 2.05) is 6.20 Å². The second-order valence-corrected chi connectivity index (χ2v) is 6.37. The summed E-state index contributed by atoms with van der Waals surface area (Å²) < 4.78 is 2.23. The lowest BCUT2D eigenvalue weighted by molar-refractivity contribution is -0.133. The van der Waals surface area contributed by atoms with Gasteiger partial charge in [-0.3, -0.25) is 4.79 Å². The van der Waals surface area contributed by atoms with Crippen molar-refractivity contribution in [3.8, 4) is 0 Å².